The van der Waals surface area contributed by atoms with Crippen molar-refractivity contribution in [3.05, 3.63) is 52.8 Å². The molecule has 0 aliphatic carbocycles. The summed E-state index contributed by atoms with van der Waals surface area (Å²) in [7, 11) is 0. The van der Waals surface area contributed by atoms with Crippen molar-refractivity contribution in [2.45, 2.75) is 46.6 Å². The maximum atomic E-state index is 12.9. The molecular weight excluding hydrogens is 424 g/mol. The van der Waals surface area contributed by atoms with Crippen LogP contribution in [-0.2, 0) is 11.3 Å². The molecule has 1 heterocycles. The number of carbonyl (C=O) groups excluding carboxylic acids is 1. The van der Waals surface area contributed by atoms with Crippen LogP contribution in [0.4, 0.5) is 0 Å². The van der Waals surface area contributed by atoms with E-state index in [0.29, 0.717) is 43.3 Å². The maximum absolute atomic E-state index is 12.9. The predicted molar refractivity (Wildman–Crippen MR) is 129 cm³/mol. The van der Waals surface area contributed by atoms with Crippen LogP contribution in [-0.4, -0.2) is 36.9 Å². The summed E-state index contributed by atoms with van der Waals surface area (Å²) >= 11 is 1.48. The summed E-state index contributed by atoms with van der Waals surface area (Å²) in [6.07, 6.45) is 3.35. The Hall–Kier alpha value is -2.64. The number of ether oxygens (including phenoxy) is 3. The van der Waals surface area contributed by atoms with Crippen molar-refractivity contribution in [3.63, 3.8) is 0 Å². The van der Waals surface area contributed by atoms with E-state index in [-0.39, 0.29) is 5.91 Å². The fraction of sp³-hybridized carbons (Fsp3) is 0.440. The molecule has 0 atom stereocenters. The number of nitrogens with zero attached hydrogens (tertiary/aromatic N) is 2. The van der Waals surface area contributed by atoms with E-state index in [1.54, 1.807) is 12.1 Å². The molecule has 2 aromatic carbocycles. The SMILES string of the molecule is CCCCCOc1ccc(C(=O)N=c2sc3cc(OCC)ccc3n2CCOCC)cc1. The molecule has 0 bridgehead atoms. The van der Waals surface area contributed by atoms with Crippen LogP contribution in [0.5, 0.6) is 11.5 Å². The molecule has 0 radical (unpaired) electrons. The first kappa shape index (κ1) is 24.0. The van der Waals surface area contributed by atoms with E-state index >= 15 is 0 Å². The van der Waals surface area contributed by atoms with Gasteiger partial charge < -0.3 is 18.8 Å². The van der Waals surface area contributed by atoms with Crippen molar-refractivity contribution in [2.24, 2.45) is 4.99 Å². The van der Waals surface area contributed by atoms with Crippen LogP contribution >= 0.6 is 11.3 Å². The summed E-state index contributed by atoms with van der Waals surface area (Å²) < 4.78 is 20.0. The monoisotopic (exact) mass is 456 g/mol. The lowest BCUT2D eigenvalue weighted by atomic mass is 10.2. The number of amides is 1. The Kier molecular flexibility index (Phi) is 9.31. The van der Waals surface area contributed by atoms with Gasteiger partial charge in [-0.3, -0.25) is 4.79 Å². The van der Waals surface area contributed by atoms with Gasteiger partial charge in [-0.1, -0.05) is 31.1 Å². The van der Waals surface area contributed by atoms with Crippen LogP contribution in [0.15, 0.2) is 47.5 Å². The highest BCUT2D eigenvalue weighted by molar-refractivity contribution is 7.16. The normalized spacial score (nSPS) is 11.8. The number of hydrogen-bond acceptors (Lipinski definition) is 5. The number of aromatic nitrogens is 1. The van der Waals surface area contributed by atoms with Crippen molar-refractivity contribution in [1.82, 2.24) is 4.57 Å². The van der Waals surface area contributed by atoms with Crippen molar-refractivity contribution in [2.75, 3.05) is 26.4 Å². The molecule has 1 amide bonds. The average molecular weight is 457 g/mol. The highest BCUT2D eigenvalue weighted by atomic mass is 32.1. The molecule has 1 aromatic heterocycles. The summed E-state index contributed by atoms with van der Waals surface area (Å²) in [5.74, 6) is 1.31. The summed E-state index contributed by atoms with van der Waals surface area (Å²) in [6.45, 7) is 9.22. The summed E-state index contributed by atoms with van der Waals surface area (Å²) in [5.41, 5.74) is 1.55. The van der Waals surface area contributed by atoms with E-state index < -0.39 is 0 Å². The van der Waals surface area contributed by atoms with Crippen LogP contribution in [0.25, 0.3) is 10.2 Å². The van der Waals surface area contributed by atoms with Gasteiger partial charge >= 0.3 is 0 Å². The lowest BCUT2D eigenvalue weighted by Gasteiger charge is -2.07. The van der Waals surface area contributed by atoms with Crippen LogP contribution in [0, 0.1) is 0 Å². The Morgan fingerprint density at radius 3 is 2.44 bits per heavy atom. The second kappa shape index (κ2) is 12.4. The smallest absolute Gasteiger partial charge is 0.279 e. The van der Waals surface area contributed by atoms with Crippen LogP contribution in [0.1, 0.15) is 50.4 Å². The molecule has 3 aromatic rings. The number of unbranched alkanes of at least 4 members (excludes halogenated alkanes) is 2. The Bertz CT molecular complexity index is 1070. The lowest BCUT2D eigenvalue weighted by Crippen LogP contribution is -2.19. The molecule has 0 spiro atoms. The Balaban J connectivity index is 1.84. The minimum absolute atomic E-state index is 0.274. The Labute approximate surface area is 193 Å². The maximum Gasteiger partial charge on any atom is 0.279 e. The molecule has 0 aliphatic rings. The van der Waals surface area contributed by atoms with Gasteiger partial charge in [-0.2, -0.15) is 4.99 Å². The number of thiazole rings is 1. The van der Waals surface area contributed by atoms with Gasteiger partial charge in [0.15, 0.2) is 4.80 Å². The zero-order valence-electron chi connectivity index (χ0n) is 19.1. The molecule has 172 valence electrons. The fourth-order valence-electron chi connectivity index (χ4n) is 3.30. The number of hydrogen-bond donors (Lipinski definition) is 0. The molecule has 0 aliphatic heterocycles. The standard InChI is InChI=1S/C25H32N2O4S/c1-4-7-8-16-31-20-11-9-19(10-12-20)24(28)26-25-27(15-17-29-5-2)22-14-13-21(30-6-3)18-23(22)32-25/h9-14,18H,4-8,15-17H2,1-3H3. The molecule has 6 nitrogen and oxygen atoms in total. The number of carbonyl (C=O) groups is 1. The molecule has 0 unspecified atom stereocenters. The number of benzene rings is 2. The quantitative estimate of drug-likeness (QED) is 0.340. The second-order valence-electron chi connectivity index (χ2n) is 7.29. The second-order valence-corrected chi connectivity index (χ2v) is 8.30. The molecule has 0 N–H and O–H groups in total. The molecule has 0 saturated heterocycles. The zero-order chi connectivity index (χ0) is 22.8. The molecule has 0 saturated carbocycles. The van der Waals surface area contributed by atoms with Gasteiger partial charge in [0.2, 0.25) is 0 Å². The lowest BCUT2D eigenvalue weighted by molar-refractivity contribution is 0.0996. The highest BCUT2D eigenvalue weighted by Gasteiger charge is 2.11. The molecular formula is C25H32N2O4S. The Morgan fingerprint density at radius 1 is 0.938 bits per heavy atom. The van der Waals surface area contributed by atoms with Gasteiger partial charge in [0, 0.05) is 18.7 Å². The van der Waals surface area contributed by atoms with Crippen LogP contribution in [0.3, 0.4) is 0 Å². The van der Waals surface area contributed by atoms with Gasteiger partial charge in [-0.05, 0) is 62.7 Å². The average Bonchev–Trinajstić information content (AvgIpc) is 3.13. The van der Waals surface area contributed by atoms with Crippen LogP contribution < -0.4 is 14.3 Å². The number of rotatable bonds is 12. The first-order valence-corrected chi connectivity index (χ1v) is 12.1. The van der Waals surface area contributed by atoms with Crippen molar-refractivity contribution in [1.29, 1.82) is 0 Å². The highest BCUT2D eigenvalue weighted by Crippen LogP contribution is 2.23. The van der Waals surface area contributed by atoms with Crippen molar-refractivity contribution >= 4 is 27.5 Å². The van der Waals surface area contributed by atoms with Gasteiger partial charge in [-0.15, -0.1) is 0 Å². The van der Waals surface area contributed by atoms with Gasteiger partial charge in [0.1, 0.15) is 11.5 Å². The van der Waals surface area contributed by atoms with Gasteiger partial charge in [-0.25, -0.2) is 0 Å². The fourth-order valence-corrected chi connectivity index (χ4v) is 4.38. The van der Waals surface area contributed by atoms with E-state index in [2.05, 4.69) is 11.9 Å². The minimum Gasteiger partial charge on any atom is -0.494 e. The van der Waals surface area contributed by atoms with Gasteiger partial charge in [0.05, 0.1) is 30.0 Å². The first-order chi connectivity index (χ1) is 15.7. The summed E-state index contributed by atoms with van der Waals surface area (Å²) in [5, 5.41) is 0. The van der Waals surface area contributed by atoms with Crippen molar-refractivity contribution < 1.29 is 19.0 Å². The largest absolute Gasteiger partial charge is 0.494 e. The summed E-state index contributed by atoms with van der Waals surface area (Å²) in [4.78, 5) is 18.0. The van der Waals surface area contributed by atoms with E-state index in [4.69, 9.17) is 14.2 Å². The van der Waals surface area contributed by atoms with E-state index in [0.717, 1.165) is 41.0 Å². The molecule has 3 rings (SSSR count). The molecule has 7 heteroatoms. The van der Waals surface area contributed by atoms with Gasteiger partial charge in [0.25, 0.3) is 5.91 Å². The van der Waals surface area contributed by atoms with Crippen LogP contribution in [0.2, 0.25) is 0 Å². The topological polar surface area (TPSA) is 62.0 Å². The minimum atomic E-state index is -0.274. The first-order valence-electron chi connectivity index (χ1n) is 11.3. The molecule has 32 heavy (non-hydrogen) atoms. The van der Waals surface area contributed by atoms with E-state index in [1.165, 1.54) is 11.3 Å². The summed E-state index contributed by atoms with van der Waals surface area (Å²) in [6, 6.07) is 13.2. The zero-order valence-corrected chi connectivity index (χ0v) is 20.0. The third-order valence-electron chi connectivity index (χ3n) is 4.94. The number of fused-ring (bicyclic) bond motifs is 1. The third kappa shape index (κ3) is 6.43. The van der Waals surface area contributed by atoms with Crippen molar-refractivity contribution in [3.8, 4) is 11.5 Å². The Morgan fingerprint density at radius 2 is 1.72 bits per heavy atom. The predicted octanol–water partition coefficient (Wildman–Crippen LogP) is 5.45. The molecule has 0 fully saturated rings. The van der Waals surface area contributed by atoms with E-state index in [1.807, 2.05) is 48.7 Å². The third-order valence-corrected chi connectivity index (χ3v) is 5.98. The van der Waals surface area contributed by atoms with E-state index in [9.17, 15) is 4.79 Å².